The first-order chi connectivity index (χ1) is 8.56. The second kappa shape index (κ2) is 6.06. The number of carbonyl (C=O) groups excluding carboxylic acids is 1. The Hall–Kier alpha value is 0.130. The van der Waals surface area contributed by atoms with Crippen molar-refractivity contribution in [3.05, 3.63) is 20.8 Å². The summed E-state index contributed by atoms with van der Waals surface area (Å²) in [5.74, 6) is 0.730. The second-order valence-corrected chi connectivity index (χ2v) is 7.50. The van der Waals surface area contributed by atoms with Gasteiger partial charge in [-0.15, -0.1) is 11.3 Å². The number of alkyl halides is 1. The molecule has 1 fully saturated rings. The Kier molecular flexibility index (Phi) is 4.89. The molecule has 100 valence electrons. The van der Waals surface area contributed by atoms with Crippen molar-refractivity contribution in [1.29, 1.82) is 0 Å². The second-order valence-electron chi connectivity index (χ2n) is 5.17. The molecule has 1 saturated carbocycles. The van der Waals surface area contributed by atoms with Crippen molar-refractivity contribution in [3.8, 4) is 0 Å². The monoisotopic (exact) mass is 393 g/mol. The molecule has 5 heteroatoms. The molecule has 1 aromatic rings. The number of nitrogens with one attached hydrogen (secondary N) is 1. The lowest BCUT2D eigenvalue weighted by Crippen LogP contribution is -2.52. The van der Waals surface area contributed by atoms with Gasteiger partial charge < -0.3 is 5.32 Å². The number of thiophene rings is 1. The zero-order valence-electron chi connectivity index (χ0n) is 10.3. The summed E-state index contributed by atoms with van der Waals surface area (Å²) in [5.41, 5.74) is -0.0713. The van der Waals surface area contributed by atoms with Gasteiger partial charge in [0.15, 0.2) is 0 Å². The van der Waals surface area contributed by atoms with E-state index in [0.29, 0.717) is 5.92 Å². The quantitative estimate of drug-likeness (QED) is 0.746. The first-order valence-electron chi connectivity index (χ1n) is 6.18. The molecule has 2 atom stereocenters. The molecule has 0 spiro atoms. The average molecular weight is 395 g/mol. The van der Waals surface area contributed by atoms with E-state index in [-0.39, 0.29) is 11.4 Å². The number of hydrogen-bond donors (Lipinski definition) is 1. The molecule has 1 amide bonds. The fraction of sp³-hybridized carbons (Fsp3) is 0.615. The van der Waals surface area contributed by atoms with Crippen molar-refractivity contribution in [1.82, 2.24) is 5.32 Å². The van der Waals surface area contributed by atoms with Gasteiger partial charge >= 0.3 is 0 Å². The van der Waals surface area contributed by atoms with Crippen LogP contribution in [0.25, 0.3) is 0 Å². The van der Waals surface area contributed by atoms with Gasteiger partial charge in [0, 0.05) is 9.80 Å². The Morgan fingerprint density at radius 1 is 1.67 bits per heavy atom. The maximum Gasteiger partial charge on any atom is 0.262 e. The Morgan fingerprint density at radius 2 is 2.44 bits per heavy atom. The lowest BCUT2D eigenvalue weighted by atomic mass is 9.77. The molecular weight excluding hydrogens is 378 g/mol. The minimum Gasteiger partial charge on any atom is -0.345 e. The van der Waals surface area contributed by atoms with Crippen LogP contribution >= 0.6 is 43.2 Å². The van der Waals surface area contributed by atoms with Crippen LogP contribution in [0.3, 0.4) is 0 Å². The number of amides is 1. The number of halogens is 2. The third-order valence-corrected chi connectivity index (χ3v) is 6.46. The van der Waals surface area contributed by atoms with Gasteiger partial charge in [0.2, 0.25) is 0 Å². The highest BCUT2D eigenvalue weighted by molar-refractivity contribution is 9.10. The van der Waals surface area contributed by atoms with E-state index in [1.54, 1.807) is 0 Å². The molecule has 0 bridgehead atoms. The van der Waals surface area contributed by atoms with Crippen LogP contribution in [0.15, 0.2) is 15.9 Å². The van der Waals surface area contributed by atoms with E-state index in [2.05, 4.69) is 44.1 Å². The zero-order valence-corrected chi connectivity index (χ0v) is 14.3. The Balaban J connectivity index is 2.11. The molecule has 0 aliphatic heterocycles. The van der Waals surface area contributed by atoms with Gasteiger partial charge in [0.05, 0.1) is 5.54 Å². The molecule has 1 aliphatic carbocycles. The fourth-order valence-corrected chi connectivity index (χ4v) is 4.78. The summed E-state index contributed by atoms with van der Waals surface area (Å²) >= 11 is 8.49. The Morgan fingerprint density at radius 3 is 3.00 bits per heavy atom. The predicted molar refractivity (Wildman–Crippen MR) is 83.6 cm³/mol. The summed E-state index contributed by atoms with van der Waals surface area (Å²) < 4.78 is 0.888. The minimum atomic E-state index is -0.0713. The van der Waals surface area contributed by atoms with Crippen molar-refractivity contribution >= 4 is 49.1 Å². The van der Waals surface area contributed by atoms with Crippen molar-refractivity contribution in [3.63, 3.8) is 0 Å². The van der Waals surface area contributed by atoms with Gasteiger partial charge in [-0.1, -0.05) is 35.7 Å². The van der Waals surface area contributed by atoms with E-state index in [0.717, 1.165) is 27.5 Å². The summed E-state index contributed by atoms with van der Waals surface area (Å²) in [4.78, 5) is 13.1. The molecular formula is C13H17Br2NOS. The van der Waals surface area contributed by atoms with Gasteiger partial charge in [0.25, 0.3) is 5.91 Å². The fourth-order valence-electron chi connectivity index (χ4n) is 2.68. The van der Waals surface area contributed by atoms with Gasteiger partial charge in [0.1, 0.15) is 4.88 Å². The molecule has 1 heterocycles. The summed E-state index contributed by atoms with van der Waals surface area (Å²) in [5, 5.41) is 6.02. The van der Waals surface area contributed by atoms with Crippen LogP contribution in [-0.4, -0.2) is 16.8 Å². The van der Waals surface area contributed by atoms with Crippen molar-refractivity contribution < 1.29 is 4.79 Å². The highest BCUT2D eigenvalue weighted by Crippen LogP contribution is 2.34. The van der Waals surface area contributed by atoms with Gasteiger partial charge in [-0.25, -0.2) is 0 Å². The molecule has 2 rings (SSSR count). The van der Waals surface area contributed by atoms with Gasteiger partial charge in [-0.2, -0.15) is 0 Å². The first-order valence-corrected chi connectivity index (χ1v) is 8.97. The maximum atomic E-state index is 12.3. The molecule has 0 radical (unpaired) electrons. The summed E-state index contributed by atoms with van der Waals surface area (Å²) in [7, 11) is 0. The smallest absolute Gasteiger partial charge is 0.262 e. The van der Waals surface area contributed by atoms with Gasteiger partial charge in [-0.3, -0.25) is 4.79 Å². The molecule has 18 heavy (non-hydrogen) atoms. The molecule has 2 unspecified atom stereocenters. The van der Waals surface area contributed by atoms with E-state index in [4.69, 9.17) is 0 Å². The third kappa shape index (κ3) is 3.17. The SMILES string of the molecule is CC1CCCC(CBr)(NC(=O)c2sccc2Br)C1. The molecule has 0 aromatic carbocycles. The van der Waals surface area contributed by atoms with Crippen molar-refractivity contribution in [2.24, 2.45) is 5.92 Å². The first kappa shape index (κ1) is 14.5. The lowest BCUT2D eigenvalue weighted by molar-refractivity contribution is 0.0873. The Bertz CT molecular complexity index is 434. The normalized spacial score (nSPS) is 28.1. The largest absolute Gasteiger partial charge is 0.345 e. The van der Waals surface area contributed by atoms with Crippen LogP contribution in [0.4, 0.5) is 0 Å². The van der Waals surface area contributed by atoms with E-state index in [1.165, 1.54) is 24.2 Å². The number of carbonyl (C=O) groups is 1. The zero-order chi connectivity index (χ0) is 13.2. The van der Waals surface area contributed by atoms with E-state index < -0.39 is 0 Å². The molecule has 2 nitrogen and oxygen atoms in total. The minimum absolute atomic E-state index is 0.0467. The van der Waals surface area contributed by atoms with E-state index >= 15 is 0 Å². The van der Waals surface area contributed by atoms with Crippen LogP contribution in [0, 0.1) is 5.92 Å². The van der Waals surface area contributed by atoms with Gasteiger partial charge in [-0.05, 0) is 46.1 Å². The highest BCUT2D eigenvalue weighted by atomic mass is 79.9. The van der Waals surface area contributed by atoms with Crippen molar-refractivity contribution in [2.75, 3.05) is 5.33 Å². The number of hydrogen-bond acceptors (Lipinski definition) is 2. The molecule has 1 aliphatic rings. The third-order valence-electron chi connectivity index (χ3n) is 3.55. The van der Waals surface area contributed by atoms with Crippen molar-refractivity contribution in [2.45, 2.75) is 38.1 Å². The van der Waals surface area contributed by atoms with E-state index in [1.807, 2.05) is 11.4 Å². The molecule has 1 N–H and O–H groups in total. The van der Waals surface area contributed by atoms with Crippen LogP contribution in [0.5, 0.6) is 0 Å². The molecule has 0 saturated heterocycles. The standard InChI is InChI=1S/C13H17Br2NOS/c1-9-3-2-5-13(7-9,8-14)16-12(17)11-10(15)4-6-18-11/h4,6,9H,2-3,5,7-8H2,1H3,(H,16,17). The van der Waals surface area contributed by atoms with E-state index in [9.17, 15) is 4.79 Å². The van der Waals surface area contributed by atoms with Crippen LogP contribution in [-0.2, 0) is 0 Å². The van der Waals surface area contributed by atoms with Crippen LogP contribution in [0.2, 0.25) is 0 Å². The topological polar surface area (TPSA) is 29.1 Å². The number of rotatable bonds is 3. The molecule has 1 aromatic heterocycles. The average Bonchev–Trinajstić information content (AvgIpc) is 2.75. The maximum absolute atomic E-state index is 12.3. The lowest BCUT2D eigenvalue weighted by Gasteiger charge is -2.39. The Labute approximate surface area is 129 Å². The van der Waals surface area contributed by atoms with Crippen LogP contribution < -0.4 is 5.32 Å². The summed E-state index contributed by atoms with van der Waals surface area (Å²) in [6, 6.07) is 1.92. The summed E-state index contributed by atoms with van der Waals surface area (Å²) in [6.45, 7) is 2.27. The predicted octanol–water partition coefficient (Wildman–Crippen LogP) is 4.58. The highest BCUT2D eigenvalue weighted by Gasteiger charge is 2.36. The van der Waals surface area contributed by atoms with Crippen LogP contribution in [0.1, 0.15) is 42.3 Å². The summed E-state index contributed by atoms with van der Waals surface area (Å²) in [6.07, 6.45) is 4.59.